The van der Waals surface area contributed by atoms with Gasteiger partial charge in [0.2, 0.25) is 0 Å². The summed E-state index contributed by atoms with van der Waals surface area (Å²) in [6, 6.07) is 5.57. The first-order valence-corrected chi connectivity index (χ1v) is 8.98. The van der Waals surface area contributed by atoms with Gasteiger partial charge in [0.25, 0.3) is 5.91 Å². The zero-order valence-corrected chi connectivity index (χ0v) is 15.1. The van der Waals surface area contributed by atoms with Crippen molar-refractivity contribution in [2.75, 3.05) is 6.61 Å². The summed E-state index contributed by atoms with van der Waals surface area (Å²) in [7, 11) is 1.95. The molecule has 1 aliphatic carbocycles. The minimum atomic E-state index is -0.0847. The van der Waals surface area contributed by atoms with Gasteiger partial charge < -0.3 is 15.0 Å². The van der Waals surface area contributed by atoms with Gasteiger partial charge in [-0.2, -0.15) is 5.10 Å². The van der Waals surface area contributed by atoms with E-state index in [2.05, 4.69) is 15.4 Å². The number of nitrogens with zero attached hydrogens (tertiary/aromatic N) is 4. The van der Waals surface area contributed by atoms with Crippen LogP contribution in [0.1, 0.15) is 46.3 Å². The van der Waals surface area contributed by atoms with Crippen molar-refractivity contribution in [3.63, 3.8) is 0 Å². The van der Waals surface area contributed by atoms with Crippen LogP contribution in [0.2, 0.25) is 0 Å². The van der Waals surface area contributed by atoms with E-state index in [4.69, 9.17) is 0 Å². The van der Waals surface area contributed by atoms with Crippen molar-refractivity contribution in [1.29, 1.82) is 0 Å². The van der Waals surface area contributed by atoms with E-state index in [1.807, 2.05) is 47.6 Å². The number of imidazole rings is 1. The molecule has 1 unspecified atom stereocenters. The number of aliphatic hydroxyl groups excluding tert-OH is 1. The van der Waals surface area contributed by atoms with Gasteiger partial charge in [-0.1, -0.05) is 0 Å². The van der Waals surface area contributed by atoms with Crippen LogP contribution >= 0.6 is 0 Å². The molecule has 0 saturated heterocycles. The molecule has 0 saturated carbocycles. The Balaban J connectivity index is 1.58. The van der Waals surface area contributed by atoms with E-state index in [0.29, 0.717) is 12.1 Å². The molecular formula is C19H23N5O2. The fourth-order valence-electron chi connectivity index (χ4n) is 3.75. The number of aliphatic hydroxyl groups is 1. The van der Waals surface area contributed by atoms with Crippen LogP contribution in [0.3, 0.4) is 0 Å². The quantitative estimate of drug-likeness (QED) is 0.750. The Morgan fingerprint density at radius 1 is 1.42 bits per heavy atom. The summed E-state index contributed by atoms with van der Waals surface area (Å²) in [6.45, 7) is 2.51. The maximum Gasteiger partial charge on any atom is 0.251 e. The maximum atomic E-state index is 12.8. The third-order valence-corrected chi connectivity index (χ3v) is 5.25. The third kappa shape index (κ3) is 2.78. The molecule has 4 rings (SSSR count). The van der Waals surface area contributed by atoms with Crippen LogP contribution in [0, 0.1) is 6.92 Å². The number of aromatic nitrogens is 4. The van der Waals surface area contributed by atoms with Crippen molar-refractivity contribution >= 4 is 16.9 Å². The Morgan fingerprint density at radius 3 is 3.08 bits per heavy atom. The van der Waals surface area contributed by atoms with Gasteiger partial charge in [-0.05, 0) is 44.4 Å². The molecular weight excluding hydrogens is 330 g/mol. The number of carbonyl (C=O) groups is 1. The zero-order chi connectivity index (χ0) is 18.3. The highest BCUT2D eigenvalue weighted by Crippen LogP contribution is 2.30. The van der Waals surface area contributed by atoms with Crippen molar-refractivity contribution in [3.8, 4) is 0 Å². The Morgan fingerprint density at radius 2 is 2.27 bits per heavy atom. The molecule has 2 aromatic heterocycles. The normalized spacial score (nSPS) is 16.7. The van der Waals surface area contributed by atoms with E-state index >= 15 is 0 Å². The lowest BCUT2D eigenvalue weighted by atomic mass is 9.92. The molecule has 0 fully saturated rings. The van der Waals surface area contributed by atoms with Gasteiger partial charge in [0.1, 0.15) is 5.82 Å². The molecule has 0 aliphatic heterocycles. The number of aryl methyl sites for hydroxylation is 2. The lowest BCUT2D eigenvalue weighted by molar-refractivity contribution is 0.0932. The molecule has 7 heteroatoms. The Hall–Kier alpha value is -2.67. The highest BCUT2D eigenvalue weighted by Gasteiger charge is 2.26. The predicted octanol–water partition coefficient (Wildman–Crippen LogP) is 1.88. The smallest absolute Gasteiger partial charge is 0.251 e. The first-order chi connectivity index (χ1) is 12.6. The van der Waals surface area contributed by atoms with Crippen LogP contribution in [0.4, 0.5) is 0 Å². The summed E-state index contributed by atoms with van der Waals surface area (Å²) in [5.74, 6) is 0.837. The summed E-state index contributed by atoms with van der Waals surface area (Å²) in [5.41, 5.74) is 4.67. The summed E-state index contributed by atoms with van der Waals surface area (Å²) in [4.78, 5) is 17.3. The number of amides is 1. The standard InChI is InChI=1S/C19H23N5O2/c1-12-21-16-7-6-13(10-18(16)23(12)2)19(26)22-15-4-3-5-17-14(15)11-20-24(17)8-9-25/h6-7,10-11,15,25H,3-5,8-9H2,1-2H3,(H,22,26). The van der Waals surface area contributed by atoms with Crippen molar-refractivity contribution < 1.29 is 9.90 Å². The van der Waals surface area contributed by atoms with Crippen LogP contribution in [0.5, 0.6) is 0 Å². The Kier molecular flexibility index (Phi) is 4.24. The van der Waals surface area contributed by atoms with Crippen molar-refractivity contribution in [1.82, 2.24) is 24.6 Å². The second-order valence-electron chi connectivity index (χ2n) is 6.83. The van der Waals surface area contributed by atoms with Crippen LogP contribution in [-0.4, -0.2) is 37.0 Å². The van der Waals surface area contributed by atoms with Crippen LogP contribution < -0.4 is 5.32 Å². The van der Waals surface area contributed by atoms with Crippen molar-refractivity contribution in [3.05, 3.63) is 47.0 Å². The van der Waals surface area contributed by atoms with Crippen molar-refractivity contribution in [2.45, 2.75) is 38.8 Å². The average molecular weight is 353 g/mol. The number of benzene rings is 1. The minimum Gasteiger partial charge on any atom is -0.394 e. The van der Waals surface area contributed by atoms with Gasteiger partial charge in [0.05, 0.1) is 36.4 Å². The molecule has 1 aromatic carbocycles. The molecule has 0 bridgehead atoms. The van der Waals surface area contributed by atoms with Gasteiger partial charge in [-0.25, -0.2) is 4.98 Å². The second kappa shape index (κ2) is 6.57. The van der Waals surface area contributed by atoms with E-state index in [1.54, 1.807) is 0 Å². The van der Waals surface area contributed by atoms with E-state index in [1.165, 1.54) is 0 Å². The van der Waals surface area contributed by atoms with Crippen LogP contribution in [0.15, 0.2) is 24.4 Å². The van der Waals surface area contributed by atoms with Crippen LogP contribution in [0.25, 0.3) is 11.0 Å². The molecule has 2 N–H and O–H groups in total. The molecule has 3 aromatic rings. The summed E-state index contributed by atoms with van der Waals surface area (Å²) in [5, 5.41) is 16.7. The van der Waals surface area contributed by atoms with Gasteiger partial charge in [0.15, 0.2) is 0 Å². The molecule has 2 heterocycles. The number of hydrogen-bond donors (Lipinski definition) is 2. The molecule has 1 aliphatic rings. The maximum absolute atomic E-state index is 12.8. The third-order valence-electron chi connectivity index (χ3n) is 5.25. The Bertz CT molecular complexity index is 972. The van der Waals surface area contributed by atoms with Gasteiger partial charge >= 0.3 is 0 Å². The summed E-state index contributed by atoms with van der Waals surface area (Å²) < 4.78 is 3.84. The van der Waals surface area contributed by atoms with Gasteiger partial charge in [-0.3, -0.25) is 9.48 Å². The average Bonchev–Trinajstić information content (AvgIpc) is 3.17. The Labute approximate surface area is 151 Å². The number of rotatable bonds is 4. The molecule has 1 atom stereocenters. The fraction of sp³-hybridized carbons (Fsp3) is 0.421. The van der Waals surface area contributed by atoms with Gasteiger partial charge in [-0.15, -0.1) is 0 Å². The lowest BCUT2D eigenvalue weighted by Crippen LogP contribution is -2.31. The predicted molar refractivity (Wildman–Crippen MR) is 97.9 cm³/mol. The second-order valence-corrected chi connectivity index (χ2v) is 6.83. The highest BCUT2D eigenvalue weighted by atomic mass is 16.3. The lowest BCUT2D eigenvalue weighted by Gasteiger charge is -2.24. The summed E-state index contributed by atoms with van der Waals surface area (Å²) in [6.07, 6.45) is 4.65. The SMILES string of the molecule is Cc1nc2ccc(C(=O)NC3CCCc4c3cnn4CCO)cc2n1C. The molecule has 136 valence electrons. The molecule has 26 heavy (non-hydrogen) atoms. The van der Waals surface area contributed by atoms with E-state index in [-0.39, 0.29) is 18.6 Å². The first kappa shape index (κ1) is 16.8. The molecule has 1 amide bonds. The summed E-state index contributed by atoms with van der Waals surface area (Å²) >= 11 is 0. The first-order valence-electron chi connectivity index (χ1n) is 8.98. The van der Waals surface area contributed by atoms with Crippen LogP contribution in [-0.2, 0) is 20.0 Å². The van der Waals surface area contributed by atoms with E-state index in [0.717, 1.165) is 47.4 Å². The topological polar surface area (TPSA) is 85.0 Å². The fourth-order valence-corrected chi connectivity index (χ4v) is 3.75. The molecule has 0 spiro atoms. The number of nitrogens with one attached hydrogen (secondary N) is 1. The zero-order valence-electron chi connectivity index (χ0n) is 15.1. The highest BCUT2D eigenvalue weighted by molar-refractivity contribution is 5.97. The number of fused-ring (bicyclic) bond motifs is 2. The number of carbonyl (C=O) groups excluding carboxylic acids is 1. The van der Waals surface area contributed by atoms with Crippen molar-refractivity contribution in [2.24, 2.45) is 7.05 Å². The van der Waals surface area contributed by atoms with Gasteiger partial charge in [0, 0.05) is 23.9 Å². The largest absolute Gasteiger partial charge is 0.394 e. The minimum absolute atomic E-state index is 0.0392. The van der Waals surface area contributed by atoms with E-state index < -0.39 is 0 Å². The van der Waals surface area contributed by atoms with E-state index in [9.17, 15) is 9.90 Å². The molecule has 7 nitrogen and oxygen atoms in total. The monoisotopic (exact) mass is 353 g/mol. The molecule has 0 radical (unpaired) electrons. The number of hydrogen-bond acceptors (Lipinski definition) is 4.